The number of aliphatic imine (C=N–C) groups is 1. The van der Waals surface area contributed by atoms with E-state index in [4.69, 9.17) is 4.99 Å². The zero-order valence-corrected chi connectivity index (χ0v) is 21.7. The van der Waals surface area contributed by atoms with Gasteiger partial charge in [-0.25, -0.2) is 0 Å². The van der Waals surface area contributed by atoms with Crippen molar-refractivity contribution in [1.29, 1.82) is 0 Å². The maximum Gasteiger partial charge on any atom is 0.412 e. The second kappa shape index (κ2) is 11.5. The first-order chi connectivity index (χ1) is 15.4. The summed E-state index contributed by atoms with van der Waals surface area (Å²) in [7, 11) is 0. The highest BCUT2D eigenvalue weighted by Crippen LogP contribution is 2.33. The van der Waals surface area contributed by atoms with Crippen LogP contribution in [0.15, 0.2) is 71.7 Å². The molecule has 0 radical (unpaired) electrons. The molecule has 0 aliphatic rings. The fourth-order valence-electron chi connectivity index (χ4n) is 4.40. The summed E-state index contributed by atoms with van der Waals surface area (Å²) in [4.78, 5) is 4.71. The van der Waals surface area contributed by atoms with Crippen LogP contribution in [0, 0.1) is 0 Å². The Morgan fingerprint density at radius 1 is 0.844 bits per heavy atom. The van der Waals surface area contributed by atoms with Crippen LogP contribution in [0.1, 0.15) is 74.3 Å². The number of nitrogens with one attached hydrogen (secondary N) is 1. The van der Waals surface area contributed by atoms with Gasteiger partial charge >= 0.3 is 14.4 Å². The third-order valence-corrected chi connectivity index (χ3v) is 7.90. The topological polar surface area (TPSA) is 24.4 Å². The molecule has 0 amide bonds. The lowest BCUT2D eigenvalue weighted by molar-refractivity contribution is 0.839. The van der Waals surface area contributed by atoms with Crippen LogP contribution in [0.5, 0.6) is 0 Å². The minimum absolute atomic E-state index is 0.515. The van der Waals surface area contributed by atoms with E-state index in [0.717, 1.165) is 17.4 Å². The monoisotopic (exact) mass is 440 g/mol. The van der Waals surface area contributed by atoms with Gasteiger partial charge in [0.15, 0.2) is 0 Å². The molecule has 0 saturated heterocycles. The summed E-state index contributed by atoms with van der Waals surface area (Å²) in [5, 5.41) is 1.13. The van der Waals surface area contributed by atoms with Crippen LogP contribution in [0.3, 0.4) is 0 Å². The van der Waals surface area contributed by atoms with Crippen molar-refractivity contribution in [2.45, 2.75) is 63.9 Å². The molecule has 0 aromatic heterocycles. The maximum atomic E-state index is 4.71. The molecule has 2 nitrogen and oxygen atoms in total. The Balaban J connectivity index is 1.85. The predicted octanol–water partition coefficient (Wildman–Crippen LogP) is 8.06. The fourth-order valence-corrected chi connectivity index (χ4v) is 6.37. The van der Waals surface area contributed by atoms with Crippen LogP contribution >= 0.6 is 0 Å². The Labute approximate surface area is 199 Å². The van der Waals surface area contributed by atoms with Crippen LogP contribution in [-0.2, 0) is 11.7 Å². The molecular formula is C29H37AlN2. The molecule has 0 bridgehead atoms. The Kier molecular flexibility index (Phi) is 8.74. The maximum absolute atomic E-state index is 4.71. The van der Waals surface area contributed by atoms with E-state index < -0.39 is 14.4 Å². The van der Waals surface area contributed by atoms with Crippen molar-refractivity contribution in [3.05, 3.63) is 94.5 Å². The number of benzene rings is 3. The van der Waals surface area contributed by atoms with Gasteiger partial charge in [-0.3, -0.25) is 4.99 Å². The van der Waals surface area contributed by atoms with Gasteiger partial charge in [0.05, 0.1) is 5.69 Å². The fraction of sp³-hybridized carbons (Fsp3) is 0.345. The van der Waals surface area contributed by atoms with Crippen LogP contribution < -0.4 is 4.30 Å². The van der Waals surface area contributed by atoms with Crippen molar-refractivity contribution in [2.75, 3.05) is 4.30 Å². The number of para-hydroxylation sites is 2. The van der Waals surface area contributed by atoms with E-state index in [9.17, 15) is 0 Å². The summed E-state index contributed by atoms with van der Waals surface area (Å²) < 4.78 is 4.02. The van der Waals surface area contributed by atoms with Crippen LogP contribution in [-0.4, -0.2) is 20.6 Å². The Morgan fingerprint density at radius 2 is 1.47 bits per heavy atom. The van der Waals surface area contributed by atoms with Gasteiger partial charge in [0.25, 0.3) is 0 Å². The Hall–Kier alpha value is -2.34. The van der Waals surface area contributed by atoms with Crippen molar-refractivity contribution in [1.82, 2.24) is 0 Å². The third-order valence-electron chi connectivity index (χ3n) is 6.06. The molecule has 0 unspecified atom stereocenters. The van der Waals surface area contributed by atoms with Crippen molar-refractivity contribution >= 4 is 32.0 Å². The molecule has 3 heteroatoms. The van der Waals surface area contributed by atoms with Crippen LogP contribution in [0.2, 0.25) is 5.79 Å². The average molecular weight is 441 g/mol. The number of hydrogen-bond acceptors (Lipinski definition) is 2. The lowest BCUT2D eigenvalue weighted by atomic mass is 9.93. The normalized spacial score (nSPS) is 11.5. The van der Waals surface area contributed by atoms with Gasteiger partial charge in [-0.05, 0) is 57.9 Å². The van der Waals surface area contributed by atoms with Gasteiger partial charge in [0.1, 0.15) is 0 Å². The van der Waals surface area contributed by atoms with E-state index in [0.29, 0.717) is 11.8 Å². The number of hydrogen-bond donors (Lipinski definition) is 1. The molecule has 32 heavy (non-hydrogen) atoms. The second-order valence-corrected chi connectivity index (χ2v) is 11.8. The molecule has 3 aromatic rings. The van der Waals surface area contributed by atoms with Crippen molar-refractivity contribution in [3.8, 4) is 0 Å². The summed E-state index contributed by atoms with van der Waals surface area (Å²) in [6, 6.07) is 23.7. The highest BCUT2D eigenvalue weighted by molar-refractivity contribution is 6.60. The van der Waals surface area contributed by atoms with Gasteiger partial charge in [-0.2, -0.15) is 0 Å². The van der Waals surface area contributed by atoms with Gasteiger partial charge in [-0.1, -0.05) is 101 Å². The molecule has 0 fully saturated rings. The second-order valence-electron chi connectivity index (χ2n) is 9.30. The first-order valence-corrected chi connectivity index (χ1v) is 14.5. The first-order valence-electron chi connectivity index (χ1n) is 12.0. The van der Waals surface area contributed by atoms with Gasteiger partial charge < -0.3 is 4.30 Å². The summed E-state index contributed by atoms with van der Waals surface area (Å²) in [6.07, 6.45) is 3.05. The number of rotatable bonds is 9. The van der Waals surface area contributed by atoms with Crippen molar-refractivity contribution < 1.29 is 0 Å². The summed E-state index contributed by atoms with van der Waals surface area (Å²) in [5.41, 5.74) is 9.39. The molecule has 0 aliphatic heterocycles. The molecule has 0 atom stereocenters. The highest BCUT2D eigenvalue weighted by atomic mass is 27.2. The third kappa shape index (κ3) is 6.12. The van der Waals surface area contributed by atoms with Gasteiger partial charge in [0, 0.05) is 11.9 Å². The molecule has 3 rings (SSSR count). The van der Waals surface area contributed by atoms with Crippen molar-refractivity contribution in [3.63, 3.8) is 0 Å². The first kappa shape index (κ1) is 24.3. The molecule has 166 valence electrons. The molecule has 0 saturated carbocycles. The number of anilines is 1. The predicted molar refractivity (Wildman–Crippen MR) is 143 cm³/mol. The summed E-state index contributed by atoms with van der Waals surface area (Å²) in [6.45, 7) is 11.4. The molecule has 0 spiro atoms. The zero-order chi connectivity index (χ0) is 23.1. The quantitative estimate of drug-likeness (QED) is 0.264. The Morgan fingerprint density at radius 3 is 2.06 bits per heavy atom. The molecule has 1 N–H and O–H groups in total. The SMILES string of the molecule is CCc1c(C=Nc2ccccc2)cccc1[CH2][Al]([CH3])[NH]c1c(C(C)C)cccc1C(C)C. The van der Waals surface area contributed by atoms with Crippen molar-refractivity contribution in [2.24, 2.45) is 4.99 Å². The van der Waals surface area contributed by atoms with E-state index in [-0.39, 0.29) is 0 Å². The standard InChI is InChI=1S/C16H16N.C12H18N.CH3.Al/c1-3-16-13(2)8-7-9-14(16)12-17-15-10-5-4-6-11-15;1-8(2)10-6-5-7-11(9(3)4)12(10)13;;/h4-12H,2-3H2,1H3;5-9,13H,1-4H3;1H3;/q;-1;;+1. The number of nitrogens with zero attached hydrogens (tertiary/aromatic N) is 1. The largest absolute Gasteiger partial charge is 0.476 e. The lowest BCUT2D eigenvalue weighted by Crippen LogP contribution is -2.26. The molecule has 0 aliphatic carbocycles. The zero-order valence-electron chi connectivity index (χ0n) is 20.5. The highest BCUT2D eigenvalue weighted by Gasteiger charge is 2.20. The van der Waals surface area contributed by atoms with Crippen LogP contribution in [0.4, 0.5) is 11.4 Å². The Bertz CT molecular complexity index is 1010. The lowest BCUT2D eigenvalue weighted by Gasteiger charge is -2.23. The van der Waals surface area contributed by atoms with E-state index in [1.54, 1.807) is 0 Å². The van der Waals surface area contributed by atoms with E-state index in [2.05, 4.69) is 81.1 Å². The van der Waals surface area contributed by atoms with Gasteiger partial charge in [-0.15, -0.1) is 0 Å². The minimum Gasteiger partial charge on any atom is -0.476 e. The van der Waals surface area contributed by atoms with E-state index in [1.165, 1.54) is 33.5 Å². The van der Waals surface area contributed by atoms with E-state index in [1.807, 2.05) is 36.5 Å². The minimum atomic E-state index is -1.23. The average Bonchev–Trinajstić information content (AvgIpc) is 2.78. The molecular weight excluding hydrogens is 403 g/mol. The van der Waals surface area contributed by atoms with E-state index >= 15 is 0 Å². The smallest absolute Gasteiger partial charge is 0.412 e. The summed E-state index contributed by atoms with van der Waals surface area (Å²) >= 11 is -1.23. The van der Waals surface area contributed by atoms with Gasteiger partial charge in [0.2, 0.25) is 0 Å². The molecule has 3 aromatic carbocycles. The summed E-state index contributed by atoms with van der Waals surface area (Å²) in [5.74, 6) is 3.47. The van der Waals surface area contributed by atoms with Crippen LogP contribution in [0.25, 0.3) is 0 Å². The molecule has 0 heterocycles.